The highest BCUT2D eigenvalue weighted by molar-refractivity contribution is 5.95. The molecule has 0 radical (unpaired) electrons. The van der Waals surface area contributed by atoms with E-state index in [4.69, 9.17) is 9.47 Å². The minimum Gasteiger partial charge on any atom is -0.460 e. The third-order valence-corrected chi connectivity index (χ3v) is 2.72. The summed E-state index contributed by atoms with van der Waals surface area (Å²) < 4.78 is 10.1. The molecule has 0 atom stereocenters. The first-order valence-corrected chi connectivity index (χ1v) is 7.01. The van der Waals surface area contributed by atoms with Gasteiger partial charge in [0.2, 0.25) is 5.91 Å². The van der Waals surface area contributed by atoms with E-state index >= 15 is 0 Å². The van der Waals surface area contributed by atoms with E-state index in [1.807, 2.05) is 27.7 Å². The molecule has 21 heavy (non-hydrogen) atoms. The lowest BCUT2D eigenvalue weighted by Gasteiger charge is -2.17. The zero-order valence-corrected chi connectivity index (χ0v) is 13.1. The van der Waals surface area contributed by atoms with Crippen LogP contribution in [0.1, 0.15) is 38.1 Å². The summed E-state index contributed by atoms with van der Waals surface area (Å²) in [5.74, 6) is -0.474. The second-order valence-corrected chi connectivity index (χ2v) is 5.61. The van der Waals surface area contributed by atoms with Crippen molar-refractivity contribution >= 4 is 17.6 Å². The van der Waals surface area contributed by atoms with Crippen LogP contribution in [0, 0.1) is 5.41 Å². The van der Waals surface area contributed by atoms with Crippen LogP contribution in [-0.4, -0.2) is 31.7 Å². The van der Waals surface area contributed by atoms with Crippen molar-refractivity contribution in [2.45, 2.75) is 27.7 Å². The van der Waals surface area contributed by atoms with Gasteiger partial charge in [0.1, 0.15) is 6.61 Å². The second-order valence-electron chi connectivity index (χ2n) is 5.61. The van der Waals surface area contributed by atoms with Gasteiger partial charge >= 0.3 is 5.97 Å². The van der Waals surface area contributed by atoms with Crippen molar-refractivity contribution in [3.05, 3.63) is 29.8 Å². The Balaban J connectivity index is 2.54. The van der Waals surface area contributed by atoms with Crippen molar-refractivity contribution in [1.29, 1.82) is 0 Å². The number of hydrogen-bond donors (Lipinski definition) is 1. The van der Waals surface area contributed by atoms with E-state index < -0.39 is 11.4 Å². The maximum Gasteiger partial charge on any atom is 0.338 e. The third-order valence-electron chi connectivity index (χ3n) is 2.72. The molecule has 0 saturated carbocycles. The molecule has 1 amide bonds. The van der Waals surface area contributed by atoms with Crippen LogP contribution in [0.2, 0.25) is 0 Å². The first-order chi connectivity index (χ1) is 9.84. The Morgan fingerprint density at radius 1 is 1.10 bits per heavy atom. The largest absolute Gasteiger partial charge is 0.460 e. The first kappa shape index (κ1) is 17.2. The van der Waals surface area contributed by atoms with Crippen molar-refractivity contribution in [1.82, 2.24) is 0 Å². The van der Waals surface area contributed by atoms with Gasteiger partial charge in [-0.05, 0) is 31.2 Å². The molecular formula is C16H23NO4. The molecule has 0 aliphatic heterocycles. The summed E-state index contributed by atoms with van der Waals surface area (Å²) >= 11 is 0. The van der Waals surface area contributed by atoms with Gasteiger partial charge in [-0.25, -0.2) is 4.79 Å². The monoisotopic (exact) mass is 293 g/mol. The Bertz CT molecular complexity index is 474. The number of nitrogens with one attached hydrogen (secondary N) is 1. The Labute approximate surface area is 125 Å². The van der Waals surface area contributed by atoms with Gasteiger partial charge in [-0.1, -0.05) is 20.8 Å². The van der Waals surface area contributed by atoms with E-state index in [1.165, 1.54) is 0 Å². The summed E-state index contributed by atoms with van der Waals surface area (Å²) in [6.07, 6.45) is 0. The van der Waals surface area contributed by atoms with E-state index in [0.29, 0.717) is 24.5 Å². The number of ether oxygens (including phenoxy) is 2. The topological polar surface area (TPSA) is 64.6 Å². The van der Waals surface area contributed by atoms with Crippen molar-refractivity contribution in [3.63, 3.8) is 0 Å². The average molecular weight is 293 g/mol. The quantitative estimate of drug-likeness (QED) is 0.647. The molecule has 0 saturated heterocycles. The van der Waals surface area contributed by atoms with E-state index in [0.717, 1.165) is 0 Å². The molecule has 1 N–H and O–H groups in total. The summed E-state index contributed by atoms with van der Waals surface area (Å²) in [7, 11) is 0. The van der Waals surface area contributed by atoms with E-state index in [2.05, 4.69) is 5.32 Å². The number of anilines is 1. The molecule has 1 aromatic carbocycles. The smallest absolute Gasteiger partial charge is 0.338 e. The van der Waals surface area contributed by atoms with Gasteiger partial charge in [-0.2, -0.15) is 0 Å². The van der Waals surface area contributed by atoms with Crippen molar-refractivity contribution in [3.8, 4) is 0 Å². The van der Waals surface area contributed by atoms with Crippen LogP contribution in [0.5, 0.6) is 0 Å². The summed E-state index contributed by atoms with van der Waals surface area (Å²) in [6, 6.07) is 6.62. The molecule has 5 heteroatoms. The fraction of sp³-hybridized carbons (Fsp3) is 0.500. The van der Waals surface area contributed by atoms with Crippen LogP contribution in [0.3, 0.4) is 0 Å². The van der Waals surface area contributed by atoms with Crippen LogP contribution in [0.15, 0.2) is 24.3 Å². The predicted molar refractivity (Wildman–Crippen MR) is 81.3 cm³/mol. The lowest BCUT2D eigenvalue weighted by Crippen LogP contribution is -2.27. The molecule has 0 fully saturated rings. The maximum atomic E-state index is 11.8. The van der Waals surface area contributed by atoms with Gasteiger partial charge in [0.25, 0.3) is 0 Å². The Hall–Kier alpha value is -1.88. The Morgan fingerprint density at radius 2 is 1.71 bits per heavy atom. The van der Waals surface area contributed by atoms with Crippen LogP contribution < -0.4 is 5.32 Å². The van der Waals surface area contributed by atoms with Gasteiger partial charge in [0, 0.05) is 17.7 Å². The minimum atomic E-state index is -0.461. The molecule has 0 aliphatic carbocycles. The molecule has 0 bridgehead atoms. The molecule has 1 rings (SSSR count). The molecule has 0 aliphatic rings. The highest BCUT2D eigenvalue weighted by atomic mass is 16.6. The maximum absolute atomic E-state index is 11.8. The molecule has 0 spiro atoms. The van der Waals surface area contributed by atoms with Gasteiger partial charge in [0.15, 0.2) is 0 Å². The van der Waals surface area contributed by atoms with Crippen LogP contribution in [0.4, 0.5) is 5.69 Å². The molecule has 5 nitrogen and oxygen atoms in total. The summed E-state index contributed by atoms with van der Waals surface area (Å²) in [5, 5.41) is 2.80. The third kappa shape index (κ3) is 5.95. The highest BCUT2D eigenvalue weighted by Gasteiger charge is 2.21. The number of esters is 1. The fourth-order valence-corrected chi connectivity index (χ4v) is 1.43. The van der Waals surface area contributed by atoms with Gasteiger partial charge < -0.3 is 14.8 Å². The number of benzene rings is 1. The van der Waals surface area contributed by atoms with E-state index in [-0.39, 0.29) is 12.5 Å². The zero-order valence-electron chi connectivity index (χ0n) is 13.1. The average Bonchev–Trinajstić information content (AvgIpc) is 2.43. The van der Waals surface area contributed by atoms with Gasteiger partial charge in [0.05, 0.1) is 12.2 Å². The molecular weight excluding hydrogens is 270 g/mol. The molecule has 0 heterocycles. The first-order valence-electron chi connectivity index (χ1n) is 7.01. The minimum absolute atomic E-state index is 0.0745. The standard InChI is InChI=1S/C16H23NO4/c1-5-20-10-11-21-14(18)12-6-8-13(9-7-12)17-15(19)16(2,3)4/h6-9H,5,10-11H2,1-4H3,(H,17,19). The van der Waals surface area contributed by atoms with Crippen LogP contribution >= 0.6 is 0 Å². The van der Waals surface area contributed by atoms with E-state index in [9.17, 15) is 9.59 Å². The second kappa shape index (κ2) is 7.78. The fourth-order valence-electron chi connectivity index (χ4n) is 1.43. The Kier molecular flexibility index (Phi) is 6.37. The predicted octanol–water partition coefficient (Wildman–Crippen LogP) is 2.86. The molecule has 0 unspecified atom stereocenters. The van der Waals surface area contributed by atoms with Crippen molar-refractivity contribution < 1.29 is 19.1 Å². The lowest BCUT2D eigenvalue weighted by molar-refractivity contribution is -0.123. The SMILES string of the molecule is CCOCCOC(=O)c1ccc(NC(=O)C(C)(C)C)cc1. The number of hydrogen-bond acceptors (Lipinski definition) is 4. The lowest BCUT2D eigenvalue weighted by atomic mass is 9.95. The van der Waals surface area contributed by atoms with Crippen LogP contribution in [-0.2, 0) is 14.3 Å². The highest BCUT2D eigenvalue weighted by Crippen LogP contribution is 2.17. The Morgan fingerprint density at radius 3 is 2.24 bits per heavy atom. The van der Waals surface area contributed by atoms with Crippen molar-refractivity contribution in [2.24, 2.45) is 5.41 Å². The normalized spacial score (nSPS) is 11.0. The summed E-state index contributed by atoms with van der Waals surface area (Å²) in [4.78, 5) is 23.6. The molecule has 0 aromatic heterocycles. The summed E-state index contributed by atoms with van der Waals surface area (Å²) in [5.41, 5.74) is 0.637. The molecule has 116 valence electrons. The van der Waals surface area contributed by atoms with Crippen molar-refractivity contribution in [2.75, 3.05) is 25.1 Å². The number of carbonyl (C=O) groups excluding carboxylic acids is 2. The zero-order chi connectivity index (χ0) is 15.9. The number of rotatable bonds is 6. The number of amides is 1. The van der Waals surface area contributed by atoms with Gasteiger partial charge in [-0.15, -0.1) is 0 Å². The summed E-state index contributed by atoms with van der Waals surface area (Å²) in [6.45, 7) is 8.62. The molecule has 1 aromatic rings. The van der Waals surface area contributed by atoms with E-state index in [1.54, 1.807) is 24.3 Å². The van der Waals surface area contributed by atoms with Gasteiger partial charge in [-0.3, -0.25) is 4.79 Å². The number of carbonyl (C=O) groups is 2. The van der Waals surface area contributed by atoms with Crippen LogP contribution in [0.25, 0.3) is 0 Å².